The Morgan fingerprint density at radius 3 is 2.40 bits per heavy atom. The maximum atomic E-state index is 11.7. The summed E-state index contributed by atoms with van der Waals surface area (Å²) in [6.45, 7) is 4.26. The Balaban J connectivity index is 2.48. The normalized spacial score (nSPS) is 22.8. The van der Waals surface area contributed by atoms with Gasteiger partial charge in [-0.05, 0) is 24.7 Å². The number of amides is 3. The molecule has 6 nitrogen and oxygen atoms in total. The SMILES string of the molecule is CC(C)C1CCCCC1NC(=O)NC(=O)/C=C/C(=O)O. The maximum Gasteiger partial charge on any atom is 0.328 e. The van der Waals surface area contributed by atoms with Gasteiger partial charge in [-0.3, -0.25) is 10.1 Å². The van der Waals surface area contributed by atoms with Crippen LogP contribution in [0.1, 0.15) is 39.5 Å². The molecule has 2 unspecified atom stereocenters. The first-order valence-electron chi connectivity index (χ1n) is 6.92. The van der Waals surface area contributed by atoms with E-state index in [1.54, 1.807) is 0 Å². The molecule has 1 aliphatic rings. The van der Waals surface area contributed by atoms with Crippen molar-refractivity contribution in [2.75, 3.05) is 0 Å². The van der Waals surface area contributed by atoms with E-state index in [-0.39, 0.29) is 6.04 Å². The summed E-state index contributed by atoms with van der Waals surface area (Å²) >= 11 is 0. The van der Waals surface area contributed by atoms with Crippen molar-refractivity contribution < 1.29 is 19.5 Å². The van der Waals surface area contributed by atoms with Crippen LogP contribution in [-0.4, -0.2) is 29.1 Å². The fourth-order valence-corrected chi connectivity index (χ4v) is 2.64. The highest BCUT2D eigenvalue weighted by molar-refractivity contribution is 6.02. The summed E-state index contributed by atoms with van der Waals surface area (Å²) in [5, 5.41) is 13.3. The molecule has 3 amide bonds. The molecule has 20 heavy (non-hydrogen) atoms. The van der Waals surface area contributed by atoms with E-state index in [1.807, 2.05) is 0 Å². The van der Waals surface area contributed by atoms with Crippen molar-refractivity contribution in [1.82, 2.24) is 10.6 Å². The van der Waals surface area contributed by atoms with E-state index in [2.05, 4.69) is 24.5 Å². The molecular formula is C14H22N2O4. The van der Waals surface area contributed by atoms with Gasteiger partial charge >= 0.3 is 12.0 Å². The molecule has 6 heteroatoms. The summed E-state index contributed by atoms with van der Waals surface area (Å²) in [5.74, 6) is -1.07. The zero-order valence-corrected chi connectivity index (χ0v) is 11.9. The number of nitrogens with one attached hydrogen (secondary N) is 2. The number of carboxylic acid groups (broad SMARTS) is 1. The number of rotatable bonds is 4. The fraction of sp³-hybridized carbons (Fsp3) is 0.643. The fourth-order valence-electron chi connectivity index (χ4n) is 2.64. The van der Waals surface area contributed by atoms with E-state index in [1.165, 1.54) is 6.42 Å². The Bertz CT molecular complexity index is 404. The summed E-state index contributed by atoms with van der Waals surface area (Å²) in [6, 6.07) is -0.498. The van der Waals surface area contributed by atoms with Crippen molar-refractivity contribution >= 4 is 17.9 Å². The predicted octanol–water partition coefficient (Wildman–Crippen LogP) is 1.67. The molecule has 0 aromatic rings. The Kier molecular flexibility index (Phi) is 6.21. The molecule has 0 bridgehead atoms. The highest BCUT2D eigenvalue weighted by Crippen LogP contribution is 2.30. The third-order valence-corrected chi connectivity index (χ3v) is 3.61. The van der Waals surface area contributed by atoms with Crippen LogP contribution in [0.3, 0.4) is 0 Å². The number of carboxylic acids is 1. The standard InChI is InChI=1S/C14H22N2O4/c1-9(2)10-5-3-4-6-11(10)15-14(20)16-12(17)7-8-13(18)19/h7-11H,3-6H2,1-2H3,(H,18,19)(H2,15,16,17,20)/b8-7+. The summed E-state index contributed by atoms with van der Waals surface area (Å²) < 4.78 is 0. The van der Waals surface area contributed by atoms with Gasteiger partial charge in [0.05, 0.1) is 0 Å². The molecule has 3 N–H and O–H groups in total. The van der Waals surface area contributed by atoms with Crippen LogP contribution in [0.4, 0.5) is 4.79 Å². The Morgan fingerprint density at radius 1 is 1.15 bits per heavy atom. The zero-order valence-electron chi connectivity index (χ0n) is 11.9. The highest BCUT2D eigenvalue weighted by Gasteiger charge is 2.28. The lowest BCUT2D eigenvalue weighted by molar-refractivity contribution is -0.131. The van der Waals surface area contributed by atoms with E-state index < -0.39 is 17.9 Å². The molecule has 1 aliphatic carbocycles. The first-order chi connectivity index (χ1) is 9.40. The molecule has 2 atom stereocenters. The summed E-state index contributed by atoms with van der Waals surface area (Å²) in [4.78, 5) is 33.3. The molecule has 0 radical (unpaired) electrons. The number of aliphatic carboxylic acids is 1. The summed E-state index contributed by atoms with van der Waals surface area (Å²) in [6.07, 6.45) is 5.75. The van der Waals surface area contributed by atoms with Gasteiger partial charge in [0, 0.05) is 18.2 Å². The second-order valence-electron chi connectivity index (χ2n) is 5.43. The van der Waals surface area contributed by atoms with E-state index >= 15 is 0 Å². The second kappa shape index (κ2) is 7.67. The van der Waals surface area contributed by atoms with Gasteiger partial charge in [-0.2, -0.15) is 0 Å². The number of imide groups is 1. The smallest absolute Gasteiger partial charge is 0.328 e. The van der Waals surface area contributed by atoms with Crippen molar-refractivity contribution in [2.24, 2.45) is 11.8 Å². The van der Waals surface area contributed by atoms with Crippen LogP contribution < -0.4 is 10.6 Å². The summed E-state index contributed by atoms with van der Waals surface area (Å²) in [7, 11) is 0. The first-order valence-corrected chi connectivity index (χ1v) is 6.92. The number of hydrogen-bond acceptors (Lipinski definition) is 3. The molecule has 0 aromatic heterocycles. The number of urea groups is 1. The predicted molar refractivity (Wildman–Crippen MR) is 74.0 cm³/mol. The van der Waals surface area contributed by atoms with Crippen molar-refractivity contribution in [3.8, 4) is 0 Å². The van der Waals surface area contributed by atoms with Gasteiger partial charge < -0.3 is 10.4 Å². The lowest BCUT2D eigenvalue weighted by Gasteiger charge is -2.34. The van der Waals surface area contributed by atoms with Crippen molar-refractivity contribution in [2.45, 2.75) is 45.6 Å². The van der Waals surface area contributed by atoms with Crippen LogP contribution in [0.5, 0.6) is 0 Å². The molecule has 1 fully saturated rings. The Labute approximate surface area is 118 Å². The van der Waals surface area contributed by atoms with E-state index in [0.717, 1.165) is 25.3 Å². The Hall–Kier alpha value is -1.85. The van der Waals surface area contributed by atoms with Crippen LogP contribution in [0.25, 0.3) is 0 Å². The van der Waals surface area contributed by atoms with E-state index in [0.29, 0.717) is 17.9 Å². The minimum Gasteiger partial charge on any atom is -0.478 e. The first kappa shape index (κ1) is 16.2. The van der Waals surface area contributed by atoms with Crippen molar-refractivity contribution in [3.63, 3.8) is 0 Å². The van der Waals surface area contributed by atoms with Gasteiger partial charge in [-0.15, -0.1) is 0 Å². The third kappa shape index (κ3) is 5.42. The quantitative estimate of drug-likeness (QED) is 0.683. The van der Waals surface area contributed by atoms with Gasteiger partial charge in [0.1, 0.15) is 0 Å². The maximum absolute atomic E-state index is 11.7. The molecule has 0 saturated heterocycles. The molecular weight excluding hydrogens is 260 g/mol. The van der Waals surface area contributed by atoms with Crippen molar-refractivity contribution in [3.05, 3.63) is 12.2 Å². The molecule has 1 rings (SSSR count). The minimum atomic E-state index is -1.23. The van der Waals surface area contributed by atoms with Crippen LogP contribution in [0, 0.1) is 11.8 Å². The molecule has 0 spiro atoms. The molecule has 0 heterocycles. The van der Waals surface area contributed by atoms with Crippen LogP contribution in [0.15, 0.2) is 12.2 Å². The molecule has 1 saturated carbocycles. The topological polar surface area (TPSA) is 95.5 Å². The van der Waals surface area contributed by atoms with Gasteiger partial charge in [0.2, 0.25) is 0 Å². The number of carbonyl (C=O) groups is 3. The lowest BCUT2D eigenvalue weighted by Crippen LogP contribution is -2.49. The highest BCUT2D eigenvalue weighted by atomic mass is 16.4. The number of carbonyl (C=O) groups excluding carboxylic acids is 2. The van der Waals surface area contributed by atoms with E-state index in [4.69, 9.17) is 5.11 Å². The third-order valence-electron chi connectivity index (χ3n) is 3.61. The average Bonchev–Trinajstić information content (AvgIpc) is 2.36. The van der Waals surface area contributed by atoms with Crippen LogP contribution in [-0.2, 0) is 9.59 Å². The van der Waals surface area contributed by atoms with Crippen molar-refractivity contribution in [1.29, 1.82) is 0 Å². The largest absolute Gasteiger partial charge is 0.478 e. The molecule has 0 aromatic carbocycles. The monoisotopic (exact) mass is 282 g/mol. The van der Waals surface area contributed by atoms with Gasteiger partial charge in [-0.25, -0.2) is 9.59 Å². The number of hydrogen-bond donors (Lipinski definition) is 3. The van der Waals surface area contributed by atoms with E-state index in [9.17, 15) is 14.4 Å². The van der Waals surface area contributed by atoms with Gasteiger partial charge in [0.25, 0.3) is 5.91 Å². The summed E-state index contributed by atoms with van der Waals surface area (Å²) in [5.41, 5.74) is 0. The average molecular weight is 282 g/mol. The van der Waals surface area contributed by atoms with Gasteiger partial charge in [0.15, 0.2) is 0 Å². The zero-order chi connectivity index (χ0) is 15.1. The minimum absolute atomic E-state index is 0.0694. The van der Waals surface area contributed by atoms with Crippen LogP contribution in [0.2, 0.25) is 0 Å². The Morgan fingerprint density at radius 2 is 1.80 bits per heavy atom. The van der Waals surface area contributed by atoms with Crippen LogP contribution >= 0.6 is 0 Å². The lowest BCUT2D eigenvalue weighted by atomic mass is 9.78. The van der Waals surface area contributed by atoms with Gasteiger partial charge in [-0.1, -0.05) is 26.7 Å². The molecule has 112 valence electrons. The second-order valence-corrected chi connectivity index (χ2v) is 5.43. The molecule has 0 aliphatic heterocycles.